The maximum atomic E-state index is 12.9. The maximum absolute atomic E-state index is 12.9. The Morgan fingerprint density at radius 1 is 1.04 bits per heavy atom. The number of ketones is 1. The lowest BCUT2D eigenvalue weighted by molar-refractivity contribution is -0.138. The number of hydrogen-bond acceptors (Lipinski definition) is 6. The van der Waals surface area contributed by atoms with E-state index in [-0.39, 0.29) is 18.6 Å². The van der Waals surface area contributed by atoms with Crippen molar-refractivity contribution in [3.8, 4) is 11.6 Å². The fraction of sp³-hybridized carbons (Fsp3) is 0.263. The van der Waals surface area contributed by atoms with Crippen molar-refractivity contribution in [2.24, 2.45) is 0 Å². The van der Waals surface area contributed by atoms with Crippen LogP contribution < -0.4 is 14.8 Å². The molecular formula is C19H20N2O6. The molecule has 142 valence electrons. The Kier molecular flexibility index (Phi) is 6.87. The van der Waals surface area contributed by atoms with E-state index < -0.39 is 17.9 Å². The SMILES string of the molecule is COc1ccc(C(=O)C(NC(=O)CCC(=O)O)c2ccc(OC)nc2)cc1. The lowest BCUT2D eigenvalue weighted by Gasteiger charge is -2.18. The molecule has 0 aliphatic heterocycles. The largest absolute Gasteiger partial charge is 0.497 e. The normalized spacial score (nSPS) is 11.3. The molecule has 2 N–H and O–H groups in total. The van der Waals surface area contributed by atoms with Gasteiger partial charge in [-0.15, -0.1) is 0 Å². The molecule has 0 saturated carbocycles. The number of Topliss-reactive ketones (excluding diaryl/α,β-unsaturated/α-hetero) is 1. The van der Waals surface area contributed by atoms with E-state index in [4.69, 9.17) is 14.6 Å². The van der Waals surface area contributed by atoms with E-state index in [1.165, 1.54) is 20.4 Å². The van der Waals surface area contributed by atoms with Gasteiger partial charge in [-0.2, -0.15) is 0 Å². The van der Waals surface area contributed by atoms with Gasteiger partial charge in [0.05, 0.1) is 20.6 Å². The van der Waals surface area contributed by atoms with Crippen molar-refractivity contribution in [3.05, 3.63) is 53.7 Å². The van der Waals surface area contributed by atoms with Crippen LogP contribution in [0.2, 0.25) is 0 Å². The number of nitrogens with zero attached hydrogens (tertiary/aromatic N) is 1. The highest BCUT2D eigenvalue weighted by Gasteiger charge is 2.25. The molecule has 2 rings (SSSR count). The van der Waals surface area contributed by atoms with Gasteiger partial charge in [0.15, 0.2) is 5.78 Å². The minimum Gasteiger partial charge on any atom is -0.497 e. The highest BCUT2D eigenvalue weighted by Crippen LogP contribution is 2.22. The Hall–Kier alpha value is -3.42. The van der Waals surface area contributed by atoms with Crippen molar-refractivity contribution in [3.63, 3.8) is 0 Å². The highest BCUT2D eigenvalue weighted by atomic mass is 16.5. The summed E-state index contributed by atoms with van der Waals surface area (Å²) in [6.45, 7) is 0. The molecule has 1 aromatic carbocycles. The fourth-order valence-corrected chi connectivity index (χ4v) is 2.36. The number of methoxy groups -OCH3 is 2. The number of nitrogens with one attached hydrogen (secondary N) is 1. The van der Waals surface area contributed by atoms with Gasteiger partial charge >= 0.3 is 5.97 Å². The summed E-state index contributed by atoms with van der Waals surface area (Å²) < 4.78 is 10.1. The fourth-order valence-electron chi connectivity index (χ4n) is 2.36. The van der Waals surface area contributed by atoms with E-state index in [2.05, 4.69) is 10.3 Å². The Balaban J connectivity index is 2.27. The Morgan fingerprint density at radius 3 is 2.26 bits per heavy atom. The maximum Gasteiger partial charge on any atom is 0.303 e. The van der Waals surface area contributed by atoms with Crippen LogP contribution in [0.3, 0.4) is 0 Å². The first-order valence-corrected chi connectivity index (χ1v) is 8.14. The van der Waals surface area contributed by atoms with Gasteiger partial charge in [0, 0.05) is 29.8 Å². The van der Waals surface area contributed by atoms with Crippen molar-refractivity contribution in [1.29, 1.82) is 0 Å². The number of ether oxygens (including phenoxy) is 2. The van der Waals surface area contributed by atoms with Gasteiger partial charge < -0.3 is 19.9 Å². The van der Waals surface area contributed by atoms with E-state index in [1.807, 2.05) is 0 Å². The third-order valence-electron chi connectivity index (χ3n) is 3.81. The highest BCUT2D eigenvalue weighted by molar-refractivity contribution is 6.02. The molecule has 1 unspecified atom stereocenters. The number of benzene rings is 1. The summed E-state index contributed by atoms with van der Waals surface area (Å²) in [7, 11) is 2.99. The molecule has 1 amide bonds. The smallest absolute Gasteiger partial charge is 0.303 e. The van der Waals surface area contributed by atoms with Crippen LogP contribution in [0.5, 0.6) is 11.6 Å². The average Bonchev–Trinajstić information content (AvgIpc) is 2.70. The molecule has 8 nitrogen and oxygen atoms in total. The van der Waals surface area contributed by atoms with E-state index in [0.717, 1.165) is 0 Å². The zero-order chi connectivity index (χ0) is 19.8. The zero-order valence-corrected chi connectivity index (χ0v) is 15.0. The van der Waals surface area contributed by atoms with E-state index >= 15 is 0 Å². The van der Waals surface area contributed by atoms with Crippen LogP contribution in [-0.4, -0.2) is 42.0 Å². The predicted octanol–water partition coefficient (Wildman–Crippen LogP) is 2.00. The summed E-state index contributed by atoms with van der Waals surface area (Å²) in [6, 6.07) is 8.66. The number of hydrogen-bond donors (Lipinski definition) is 2. The summed E-state index contributed by atoms with van der Waals surface area (Å²) in [5.41, 5.74) is 0.829. The van der Waals surface area contributed by atoms with Crippen molar-refractivity contribution >= 4 is 17.7 Å². The van der Waals surface area contributed by atoms with E-state index in [1.54, 1.807) is 36.4 Å². The quantitative estimate of drug-likeness (QED) is 0.647. The number of pyridine rings is 1. The van der Waals surface area contributed by atoms with Crippen LogP contribution in [0.15, 0.2) is 42.6 Å². The molecule has 1 aromatic heterocycles. The van der Waals surface area contributed by atoms with Crippen molar-refractivity contribution in [2.45, 2.75) is 18.9 Å². The number of carbonyl (C=O) groups excluding carboxylic acids is 2. The zero-order valence-electron chi connectivity index (χ0n) is 15.0. The van der Waals surface area contributed by atoms with Crippen molar-refractivity contribution in [1.82, 2.24) is 10.3 Å². The lowest BCUT2D eigenvalue weighted by atomic mass is 9.98. The monoisotopic (exact) mass is 372 g/mol. The molecule has 2 aromatic rings. The van der Waals surface area contributed by atoms with E-state index in [0.29, 0.717) is 22.8 Å². The van der Waals surface area contributed by atoms with Gasteiger partial charge in [0.2, 0.25) is 11.8 Å². The summed E-state index contributed by atoms with van der Waals surface area (Å²) in [4.78, 5) is 39.8. The third kappa shape index (κ3) is 5.53. The summed E-state index contributed by atoms with van der Waals surface area (Å²) >= 11 is 0. The molecule has 27 heavy (non-hydrogen) atoms. The number of carbonyl (C=O) groups is 3. The minimum absolute atomic E-state index is 0.231. The lowest BCUT2D eigenvalue weighted by Crippen LogP contribution is -2.34. The Morgan fingerprint density at radius 2 is 1.74 bits per heavy atom. The van der Waals surface area contributed by atoms with Gasteiger partial charge in [-0.05, 0) is 30.3 Å². The topological polar surface area (TPSA) is 115 Å². The Bertz CT molecular complexity index is 802. The third-order valence-corrected chi connectivity index (χ3v) is 3.81. The average molecular weight is 372 g/mol. The number of aromatic nitrogens is 1. The first-order chi connectivity index (χ1) is 12.9. The van der Waals surface area contributed by atoms with Crippen LogP contribution in [-0.2, 0) is 9.59 Å². The molecule has 0 saturated heterocycles. The second kappa shape index (κ2) is 9.33. The number of carboxylic acid groups (broad SMARTS) is 1. The molecule has 1 heterocycles. The molecule has 0 aliphatic carbocycles. The van der Waals surface area contributed by atoms with Crippen LogP contribution in [0.25, 0.3) is 0 Å². The standard InChI is InChI=1S/C19H20N2O6/c1-26-14-6-3-12(4-7-14)19(25)18(21-15(22)8-10-17(23)24)13-5-9-16(27-2)20-11-13/h3-7,9,11,18H,8,10H2,1-2H3,(H,21,22)(H,23,24). The summed E-state index contributed by atoms with van der Waals surface area (Å²) in [5, 5.41) is 11.3. The molecule has 0 aliphatic rings. The van der Waals surface area contributed by atoms with Crippen LogP contribution in [0, 0.1) is 0 Å². The summed E-state index contributed by atoms with van der Waals surface area (Å²) in [6.07, 6.45) is 0.879. The molecule has 0 radical (unpaired) electrons. The number of amides is 1. The molecule has 0 fully saturated rings. The molecule has 1 atom stereocenters. The van der Waals surface area contributed by atoms with E-state index in [9.17, 15) is 14.4 Å². The molecule has 0 spiro atoms. The second-order valence-corrected chi connectivity index (χ2v) is 5.62. The summed E-state index contributed by atoms with van der Waals surface area (Å²) in [5.74, 6) is -1.02. The van der Waals surface area contributed by atoms with Gasteiger partial charge in [-0.1, -0.05) is 0 Å². The number of rotatable bonds is 9. The van der Waals surface area contributed by atoms with Gasteiger partial charge in [-0.25, -0.2) is 4.98 Å². The molecular weight excluding hydrogens is 352 g/mol. The number of carboxylic acids is 1. The first kappa shape index (κ1) is 19.9. The van der Waals surface area contributed by atoms with Crippen LogP contribution in [0.4, 0.5) is 0 Å². The minimum atomic E-state index is -1.09. The second-order valence-electron chi connectivity index (χ2n) is 5.62. The van der Waals surface area contributed by atoms with Crippen molar-refractivity contribution < 1.29 is 29.0 Å². The molecule has 0 bridgehead atoms. The predicted molar refractivity (Wildman–Crippen MR) is 95.9 cm³/mol. The first-order valence-electron chi connectivity index (χ1n) is 8.14. The Labute approximate surface area is 156 Å². The number of aliphatic carboxylic acids is 1. The van der Waals surface area contributed by atoms with Gasteiger partial charge in [-0.3, -0.25) is 14.4 Å². The van der Waals surface area contributed by atoms with Gasteiger partial charge in [0.25, 0.3) is 0 Å². The van der Waals surface area contributed by atoms with Crippen molar-refractivity contribution in [2.75, 3.05) is 14.2 Å². The van der Waals surface area contributed by atoms with Gasteiger partial charge in [0.1, 0.15) is 11.8 Å². The van der Waals surface area contributed by atoms with Crippen LogP contribution >= 0.6 is 0 Å². The molecule has 8 heteroatoms. The van der Waals surface area contributed by atoms with Crippen LogP contribution in [0.1, 0.15) is 34.8 Å².